The van der Waals surface area contributed by atoms with E-state index in [9.17, 15) is 27.6 Å². The number of nitrogens with zero attached hydrogens (tertiary/aromatic N) is 2. The van der Waals surface area contributed by atoms with Crippen molar-refractivity contribution in [1.29, 1.82) is 5.26 Å². The maximum Gasteiger partial charge on any atom is 0.471 e. The molecule has 1 aliphatic heterocycles. The minimum atomic E-state index is -5.16. The number of alkyl halides is 3. The third-order valence-electron chi connectivity index (χ3n) is 5.75. The summed E-state index contributed by atoms with van der Waals surface area (Å²) in [5, 5.41) is 12.7. The zero-order valence-corrected chi connectivity index (χ0v) is 16.0. The molecule has 2 N–H and O–H groups in total. The van der Waals surface area contributed by atoms with Gasteiger partial charge in [-0.3, -0.25) is 14.4 Å². The first-order chi connectivity index (χ1) is 12.9. The van der Waals surface area contributed by atoms with Crippen LogP contribution in [-0.2, 0) is 19.1 Å². The van der Waals surface area contributed by atoms with Gasteiger partial charge in [0.1, 0.15) is 18.6 Å². The quantitative estimate of drug-likeness (QED) is 0.614. The summed E-state index contributed by atoms with van der Waals surface area (Å²) in [5.41, 5.74) is -0.205. The fraction of sp³-hybridized carbons (Fsp3) is 0.765. The zero-order valence-electron chi connectivity index (χ0n) is 16.0. The second-order valence-electron chi connectivity index (χ2n) is 7.65. The second-order valence-corrected chi connectivity index (χ2v) is 7.65. The molecule has 3 amide bonds. The van der Waals surface area contributed by atoms with Gasteiger partial charge in [0.2, 0.25) is 11.8 Å². The zero-order chi connectivity index (χ0) is 21.4. The Morgan fingerprint density at radius 2 is 1.96 bits per heavy atom. The molecule has 1 aliphatic carbocycles. The van der Waals surface area contributed by atoms with E-state index in [1.165, 1.54) is 18.9 Å². The van der Waals surface area contributed by atoms with Gasteiger partial charge in [0, 0.05) is 13.7 Å². The molecule has 8 nitrogen and oxygen atoms in total. The predicted molar refractivity (Wildman–Crippen MR) is 89.3 cm³/mol. The number of amides is 3. The van der Waals surface area contributed by atoms with Crippen LogP contribution >= 0.6 is 0 Å². The number of hydrogen-bond donors (Lipinski definition) is 2. The number of carbonyl (C=O) groups is 3. The van der Waals surface area contributed by atoms with Crippen LogP contribution in [0.5, 0.6) is 0 Å². The van der Waals surface area contributed by atoms with E-state index >= 15 is 0 Å². The third kappa shape index (κ3) is 3.92. The highest BCUT2D eigenvalue weighted by molar-refractivity contribution is 5.94. The first kappa shape index (κ1) is 21.9. The molecule has 0 spiro atoms. The van der Waals surface area contributed by atoms with Crippen LogP contribution in [0, 0.1) is 28.6 Å². The molecule has 0 aromatic carbocycles. The molecule has 2 rings (SSSR count). The minimum Gasteiger partial charge on any atom is -0.379 e. The summed E-state index contributed by atoms with van der Waals surface area (Å²) in [6.45, 7) is 5.16. The number of rotatable bonds is 6. The molecule has 5 atom stereocenters. The van der Waals surface area contributed by atoms with E-state index in [4.69, 9.17) is 10.00 Å². The Labute approximate surface area is 160 Å². The Balaban J connectivity index is 2.26. The van der Waals surface area contributed by atoms with Gasteiger partial charge in [0.05, 0.1) is 12.2 Å². The number of carbonyl (C=O) groups excluding carboxylic acids is 3. The summed E-state index contributed by atoms with van der Waals surface area (Å²) < 4.78 is 43.0. The predicted octanol–water partition coefficient (Wildman–Crippen LogP) is 0.191. The van der Waals surface area contributed by atoms with Crippen molar-refractivity contribution >= 4 is 17.7 Å². The monoisotopic (exact) mass is 404 g/mol. The molecule has 1 heterocycles. The van der Waals surface area contributed by atoms with Crippen molar-refractivity contribution in [2.45, 2.75) is 45.1 Å². The van der Waals surface area contributed by atoms with Crippen molar-refractivity contribution in [3.63, 3.8) is 0 Å². The van der Waals surface area contributed by atoms with Crippen LogP contribution in [0.15, 0.2) is 0 Å². The Kier molecular flexibility index (Phi) is 5.94. The van der Waals surface area contributed by atoms with Gasteiger partial charge < -0.3 is 20.3 Å². The number of methoxy groups -OCH3 is 1. The first-order valence-electron chi connectivity index (χ1n) is 8.73. The Hall–Kier alpha value is -2.35. The average molecular weight is 404 g/mol. The van der Waals surface area contributed by atoms with E-state index in [0.29, 0.717) is 0 Å². The van der Waals surface area contributed by atoms with Gasteiger partial charge in [-0.05, 0) is 24.2 Å². The van der Waals surface area contributed by atoms with Crippen molar-refractivity contribution in [3.8, 4) is 6.07 Å². The van der Waals surface area contributed by atoms with Crippen molar-refractivity contribution in [3.05, 3.63) is 0 Å². The second kappa shape index (κ2) is 7.58. The van der Waals surface area contributed by atoms with Crippen LogP contribution in [0.2, 0.25) is 0 Å². The number of fused-ring (bicyclic) bond motifs is 1. The molecule has 2 aliphatic rings. The highest BCUT2D eigenvalue weighted by atomic mass is 19.4. The molecule has 156 valence electrons. The lowest BCUT2D eigenvalue weighted by Crippen LogP contribution is -2.60. The summed E-state index contributed by atoms with van der Waals surface area (Å²) >= 11 is 0. The number of nitrogens with one attached hydrogen (secondary N) is 2. The minimum absolute atomic E-state index is 0.00565. The fourth-order valence-electron chi connectivity index (χ4n) is 3.96. The molecule has 0 aromatic rings. The van der Waals surface area contributed by atoms with Gasteiger partial charge in [0.25, 0.3) is 0 Å². The highest BCUT2D eigenvalue weighted by Crippen LogP contribution is 2.64. The third-order valence-corrected chi connectivity index (χ3v) is 5.75. The lowest BCUT2D eigenvalue weighted by atomic mass is 9.99. The summed E-state index contributed by atoms with van der Waals surface area (Å²) in [7, 11) is 1.20. The van der Waals surface area contributed by atoms with Crippen LogP contribution in [-0.4, -0.2) is 67.2 Å². The fourth-order valence-corrected chi connectivity index (χ4v) is 3.96. The lowest BCUT2D eigenvalue weighted by Gasteiger charge is -2.34. The number of piperidine rings is 1. The van der Waals surface area contributed by atoms with Crippen molar-refractivity contribution in [1.82, 2.24) is 15.5 Å². The Bertz CT molecular complexity index is 703. The average Bonchev–Trinajstić information content (AvgIpc) is 2.97. The Morgan fingerprint density at radius 1 is 1.36 bits per heavy atom. The summed E-state index contributed by atoms with van der Waals surface area (Å²) in [6, 6.07) is -0.756. The standard InChI is InChI=1S/C17H23F3N4O4/c1-8(28-4)11(23-15(27)17(18,19)20)14(26)24-7-9-10(16(9,2)3)12(24)13(25)22-6-5-21/h8-12H,6-7H2,1-4H3,(H,22,25)(H,23,27)/t8-,9+,10+,11+,12+/m1/s1. The van der Waals surface area contributed by atoms with E-state index < -0.39 is 42.1 Å². The van der Waals surface area contributed by atoms with Crippen LogP contribution in [0.3, 0.4) is 0 Å². The lowest BCUT2D eigenvalue weighted by molar-refractivity contribution is -0.176. The van der Waals surface area contributed by atoms with Crippen molar-refractivity contribution < 1.29 is 32.3 Å². The van der Waals surface area contributed by atoms with E-state index in [0.717, 1.165) is 0 Å². The summed E-state index contributed by atoms with van der Waals surface area (Å²) in [5.74, 6) is -3.80. The molecular weight excluding hydrogens is 381 g/mol. The van der Waals surface area contributed by atoms with Gasteiger partial charge in [0.15, 0.2) is 0 Å². The van der Waals surface area contributed by atoms with Crippen molar-refractivity contribution in [2.24, 2.45) is 17.3 Å². The number of ether oxygens (including phenoxy) is 1. The molecule has 2 fully saturated rings. The van der Waals surface area contributed by atoms with Crippen LogP contribution in [0.1, 0.15) is 20.8 Å². The molecule has 1 saturated carbocycles. The Morgan fingerprint density at radius 3 is 2.46 bits per heavy atom. The SMILES string of the molecule is CO[C@H](C)[C@H](NC(=O)C(F)(F)F)C(=O)N1C[C@H]2[C@@H]([C@H]1C(=O)NCC#N)C2(C)C. The molecule has 0 unspecified atom stereocenters. The van der Waals surface area contributed by atoms with Gasteiger partial charge >= 0.3 is 12.1 Å². The van der Waals surface area contributed by atoms with E-state index in [-0.39, 0.29) is 30.3 Å². The molecule has 11 heteroatoms. The van der Waals surface area contributed by atoms with Gasteiger partial charge in [-0.15, -0.1) is 0 Å². The molecule has 28 heavy (non-hydrogen) atoms. The van der Waals surface area contributed by atoms with Crippen LogP contribution in [0.25, 0.3) is 0 Å². The summed E-state index contributed by atoms with van der Waals surface area (Å²) in [6.07, 6.45) is -6.21. The maximum atomic E-state index is 13.0. The molecule has 1 saturated heterocycles. The van der Waals surface area contributed by atoms with Crippen molar-refractivity contribution in [2.75, 3.05) is 20.2 Å². The van der Waals surface area contributed by atoms with Gasteiger partial charge in [-0.1, -0.05) is 13.8 Å². The molecule has 0 radical (unpaired) electrons. The molecular formula is C17H23F3N4O4. The van der Waals surface area contributed by atoms with E-state index in [2.05, 4.69) is 5.32 Å². The topological polar surface area (TPSA) is 112 Å². The van der Waals surface area contributed by atoms with Gasteiger partial charge in [-0.2, -0.15) is 18.4 Å². The molecule has 0 aromatic heterocycles. The molecule has 0 bridgehead atoms. The highest BCUT2D eigenvalue weighted by Gasteiger charge is 2.69. The number of likely N-dealkylation sites (tertiary alicyclic amines) is 1. The number of nitriles is 1. The van der Waals surface area contributed by atoms with Crippen LogP contribution < -0.4 is 10.6 Å². The normalized spacial score (nSPS) is 27.2. The maximum absolute atomic E-state index is 13.0. The van der Waals surface area contributed by atoms with Crippen LogP contribution in [0.4, 0.5) is 13.2 Å². The first-order valence-corrected chi connectivity index (χ1v) is 8.73. The van der Waals surface area contributed by atoms with E-state index in [1.807, 2.05) is 13.8 Å². The number of halogens is 3. The summed E-state index contributed by atoms with van der Waals surface area (Å²) in [4.78, 5) is 38.1. The van der Waals surface area contributed by atoms with E-state index in [1.54, 1.807) is 11.4 Å². The smallest absolute Gasteiger partial charge is 0.379 e. The van der Waals surface area contributed by atoms with Gasteiger partial charge in [-0.25, -0.2) is 0 Å². The number of hydrogen-bond acceptors (Lipinski definition) is 5. The largest absolute Gasteiger partial charge is 0.471 e.